The molecule has 0 radical (unpaired) electrons. The lowest BCUT2D eigenvalue weighted by atomic mass is 10.1. The van der Waals surface area contributed by atoms with Crippen molar-refractivity contribution in [2.45, 2.75) is 105 Å². The van der Waals surface area contributed by atoms with Gasteiger partial charge in [-0.25, -0.2) is 21.6 Å². The Morgan fingerprint density at radius 2 is 0.951 bits per heavy atom. The van der Waals surface area contributed by atoms with E-state index in [9.17, 15) is 31.8 Å². The van der Waals surface area contributed by atoms with Gasteiger partial charge in [0.15, 0.2) is 53.9 Å². The van der Waals surface area contributed by atoms with Gasteiger partial charge in [0, 0.05) is 31.8 Å². The third-order valence-electron chi connectivity index (χ3n) is 13.3. The van der Waals surface area contributed by atoms with Gasteiger partial charge in [-0.15, -0.1) is 0 Å². The number of phenols is 1. The normalized spacial score (nSPS) is 14.7. The lowest BCUT2D eigenvalue weighted by molar-refractivity contribution is 0.0482. The van der Waals surface area contributed by atoms with Gasteiger partial charge in [-0.05, 0) is 158 Å². The molecule has 9 aromatic carbocycles. The average Bonchev–Trinajstić information content (AvgIpc) is 3.54. The summed E-state index contributed by atoms with van der Waals surface area (Å²) >= 11 is 3.59. The molecule has 81 heavy (non-hydrogen) atoms. The molecule has 412 valence electrons. The van der Waals surface area contributed by atoms with Gasteiger partial charge in [0.05, 0.1) is 49.0 Å². The van der Waals surface area contributed by atoms with Gasteiger partial charge < -0.3 is 25.2 Å². The Morgan fingerprint density at radius 3 is 1.46 bits per heavy atom. The molecule has 10 nitrogen and oxygen atoms in total. The Hall–Kier alpha value is -6.22. The molecule has 0 spiro atoms. The van der Waals surface area contributed by atoms with Gasteiger partial charge in [-0.2, -0.15) is 0 Å². The van der Waals surface area contributed by atoms with Gasteiger partial charge in [-0.1, -0.05) is 90.3 Å². The van der Waals surface area contributed by atoms with Crippen LogP contribution >= 0.6 is 23.5 Å². The summed E-state index contributed by atoms with van der Waals surface area (Å²) < 4.78 is 55.6. The number of aliphatic hydroxyl groups is 3. The number of aromatic hydroxyl groups is 1. The van der Waals surface area contributed by atoms with E-state index in [0.29, 0.717) is 33.9 Å². The number of carbonyl (C=O) groups excluding carboxylic acids is 1. The van der Waals surface area contributed by atoms with Crippen LogP contribution in [0.3, 0.4) is 0 Å². The Balaban J connectivity index is 0.000000137. The first-order chi connectivity index (χ1) is 39.2. The minimum absolute atomic E-state index is 0.0310. The second-order valence-electron chi connectivity index (χ2n) is 18.8. The maximum Gasteiger partial charge on any atom is 0.338 e. The average molecular weight is 1210 g/mol. The highest BCUT2D eigenvalue weighted by Gasteiger charge is 2.45. The maximum atomic E-state index is 13.1. The Kier molecular flexibility index (Phi) is 18.3. The third-order valence-corrected chi connectivity index (χ3v) is 26.9. The first-order valence-corrected chi connectivity index (χ1v) is 34.3. The number of aliphatic hydroxyl groups excluding tert-OH is 3. The molecule has 0 aliphatic carbocycles. The molecule has 0 saturated carbocycles. The topological polar surface area (TPSA) is 175 Å². The lowest BCUT2D eigenvalue weighted by Crippen LogP contribution is -2.20. The van der Waals surface area contributed by atoms with Crippen molar-refractivity contribution in [1.82, 2.24) is 0 Å². The molecule has 1 unspecified atom stereocenters. The van der Waals surface area contributed by atoms with Crippen molar-refractivity contribution >= 4 is 81.9 Å². The van der Waals surface area contributed by atoms with Gasteiger partial charge in [0.2, 0.25) is 9.84 Å². The summed E-state index contributed by atoms with van der Waals surface area (Å²) in [6.07, 6.45) is 1.08. The van der Waals surface area contributed by atoms with Crippen LogP contribution in [0, 0.1) is 13.8 Å². The molecule has 0 amide bonds. The van der Waals surface area contributed by atoms with E-state index in [-0.39, 0.29) is 58.9 Å². The van der Waals surface area contributed by atoms with E-state index in [4.69, 9.17) is 14.9 Å². The largest absolute Gasteiger partial charge is 0.507 e. The molecular weight excluding hydrogens is 1150 g/mol. The van der Waals surface area contributed by atoms with Crippen molar-refractivity contribution in [3.8, 4) is 5.75 Å². The van der Waals surface area contributed by atoms with Crippen molar-refractivity contribution < 1.29 is 46.8 Å². The number of carbonyl (C=O) groups is 1. The summed E-state index contributed by atoms with van der Waals surface area (Å²) in [5.74, 6) is -0.309. The fourth-order valence-electron chi connectivity index (χ4n) is 9.44. The smallest absolute Gasteiger partial charge is 0.338 e. The first kappa shape index (κ1) is 58.0. The number of sulfone groups is 2. The van der Waals surface area contributed by atoms with Crippen molar-refractivity contribution in [2.24, 2.45) is 0 Å². The fraction of sp³-hybridized carbons (Fsp3) is 0.141. The number of hydrogen-bond donors (Lipinski definition) is 4. The van der Waals surface area contributed by atoms with E-state index in [1.54, 1.807) is 60.3 Å². The SMILES string of the molecule is Cc1cc([S+]2c3ccccc3Sc3cc(CCO)ccc32)cc(C)c1O.O=C(OCCCO)c1ccc([S+]2c3ccccc3S(=O)(=O)c3ccccc32)cc1.O=S(=O)(CCO)c1ccc([S+]2c3ccccc3Sc3ccccc32)cc1. The second kappa shape index (κ2) is 25.5. The lowest BCUT2D eigenvalue weighted by Gasteiger charge is -2.20. The summed E-state index contributed by atoms with van der Waals surface area (Å²) in [6, 6.07) is 64.5. The van der Waals surface area contributed by atoms with E-state index in [2.05, 4.69) is 78.9 Å². The zero-order valence-corrected chi connectivity index (χ0v) is 49.8. The zero-order chi connectivity index (χ0) is 56.8. The molecule has 17 heteroatoms. The summed E-state index contributed by atoms with van der Waals surface area (Å²) in [5.41, 5.74) is 3.42. The molecule has 3 heterocycles. The molecule has 12 rings (SSSR count). The number of fused-ring (bicyclic) bond motifs is 6. The predicted octanol–water partition coefficient (Wildman–Crippen LogP) is 12.6. The molecule has 3 aliphatic rings. The van der Waals surface area contributed by atoms with Crippen LogP contribution in [0.1, 0.15) is 33.5 Å². The maximum absolute atomic E-state index is 13.1. The van der Waals surface area contributed by atoms with E-state index >= 15 is 0 Å². The van der Waals surface area contributed by atoms with E-state index in [1.165, 1.54) is 49.6 Å². The van der Waals surface area contributed by atoms with Crippen LogP contribution in [0.2, 0.25) is 0 Å². The molecular formula is C64H57O10S7+3. The zero-order valence-electron chi connectivity index (χ0n) is 44.1. The predicted molar refractivity (Wildman–Crippen MR) is 321 cm³/mol. The molecule has 4 N–H and O–H groups in total. The van der Waals surface area contributed by atoms with Crippen molar-refractivity contribution in [3.05, 3.63) is 222 Å². The monoisotopic (exact) mass is 1210 g/mol. The standard InChI is InChI=1S/C22H19O5S2.C22H20O2S2.C20H17O3S3/c23-14-5-15-27-22(24)16-10-12-17(13-11-16)28-18-6-1-3-8-20(18)29(25,26)21-9-4-2-7-19(21)28;1-14-11-17(12-15(2)22(14)24)26-20-6-4-3-5-18(20)25-19-13-16(9-10-23)7-8-21(19)26;21-13-14-26(22,23)16-11-9-15(10-12-16)25-19-7-3-1-5-17(19)24-18-6-2-4-8-20(18)25/h1-4,6-13,23H,5,14-15H2;3-8,11-13,23H,9-10H2,1-2H3;1-12,21H,13-14H2/q+1;;+1/p+1. The van der Waals surface area contributed by atoms with Crippen LogP contribution in [0.4, 0.5) is 0 Å². The fourth-order valence-corrected chi connectivity index (χ4v) is 22.9. The quantitative estimate of drug-likeness (QED) is 0.0518. The minimum atomic E-state index is -3.56. The van der Waals surface area contributed by atoms with Crippen LogP contribution in [0.25, 0.3) is 0 Å². The molecule has 0 bridgehead atoms. The summed E-state index contributed by atoms with van der Waals surface area (Å²) in [7, 11) is -8.05. The first-order valence-electron chi connectivity index (χ1n) is 25.9. The van der Waals surface area contributed by atoms with Crippen LogP contribution < -0.4 is 0 Å². The van der Waals surface area contributed by atoms with Crippen molar-refractivity contribution in [2.75, 3.05) is 32.2 Å². The van der Waals surface area contributed by atoms with Gasteiger partial charge in [0.1, 0.15) is 48.2 Å². The summed E-state index contributed by atoms with van der Waals surface area (Å²) in [5, 5.41) is 37.2. The van der Waals surface area contributed by atoms with Crippen LogP contribution in [0.5, 0.6) is 5.75 Å². The Bertz CT molecular complexity index is 3880. The Labute approximate surface area is 490 Å². The van der Waals surface area contributed by atoms with Gasteiger partial charge >= 0.3 is 5.97 Å². The van der Waals surface area contributed by atoms with Gasteiger partial charge in [-0.3, -0.25) is 0 Å². The number of benzene rings is 9. The number of hydrogen-bond acceptors (Lipinski definition) is 12. The number of rotatable bonds is 12. The van der Waals surface area contributed by atoms with Crippen LogP contribution in [-0.2, 0) is 63.5 Å². The number of esters is 1. The van der Waals surface area contributed by atoms with Crippen molar-refractivity contribution in [3.63, 3.8) is 0 Å². The van der Waals surface area contributed by atoms with Gasteiger partial charge in [0.25, 0.3) is 0 Å². The highest BCUT2D eigenvalue weighted by molar-refractivity contribution is 8.04. The minimum Gasteiger partial charge on any atom is -0.507 e. The second-order valence-corrected chi connectivity index (χ2v) is 30.8. The van der Waals surface area contributed by atoms with E-state index in [0.717, 1.165) is 30.7 Å². The summed E-state index contributed by atoms with van der Waals surface area (Å²) in [6.45, 7) is 3.86. The van der Waals surface area contributed by atoms with E-state index in [1.807, 2.05) is 98.4 Å². The third kappa shape index (κ3) is 12.3. The highest BCUT2D eigenvalue weighted by Crippen LogP contribution is 2.51. The number of aryl methyl sites for hydroxylation is 2. The number of ether oxygens (including phenoxy) is 1. The molecule has 0 fully saturated rings. The van der Waals surface area contributed by atoms with Crippen LogP contribution in [0.15, 0.2) is 279 Å². The highest BCUT2D eigenvalue weighted by atomic mass is 32.2. The van der Waals surface area contributed by atoms with Crippen molar-refractivity contribution in [1.29, 1.82) is 0 Å². The number of phenolic OH excluding ortho intramolecular Hbond substituents is 1. The van der Waals surface area contributed by atoms with E-state index < -0.39 is 36.5 Å². The Morgan fingerprint density at radius 1 is 0.506 bits per heavy atom. The molecule has 1 atom stereocenters. The molecule has 0 aromatic heterocycles. The van der Waals surface area contributed by atoms with Crippen LogP contribution in [-0.4, -0.2) is 75.4 Å². The molecule has 9 aromatic rings. The summed E-state index contributed by atoms with van der Waals surface area (Å²) in [4.78, 5) is 28.0. The molecule has 3 aliphatic heterocycles. The molecule has 0 saturated heterocycles.